The average molecular weight is 319 g/mol. The smallest absolute Gasteiger partial charge is 0.0453 e. The highest BCUT2D eigenvalue weighted by Crippen LogP contribution is 2.30. The first-order chi connectivity index (χ1) is 9.19. The molecule has 0 aromatic heterocycles. The van der Waals surface area contributed by atoms with Crippen molar-refractivity contribution >= 4 is 35.0 Å². The van der Waals surface area contributed by atoms with Crippen molar-refractivity contribution in [3.63, 3.8) is 0 Å². The van der Waals surface area contributed by atoms with Crippen LogP contribution in [0.25, 0.3) is 0 Å². The van der Waals surface area contributed by atoms with Gasteiger partial charge in [0.1, 0.15) is 0 Å². The van der Waals surface area contributed by atoms with Crippen LogP contribution in [-0.4, -0.2) is 17.0 Å². The third kappa shape index (κ3) is 4.83. The van der Waals surface area contributed by atoms with Gasteiger partial charge in [-0.2, -0.15) is 11.8 Å². The molecule has 106 valence electrons. The van der Waals surface area contributed by atoms with E-state index in [0.29, 0.717) is 5.02 Å². The Kier molecular flexibility index (Phi) is 6.30. The summed E-state index contributed by atoms with van der Waals surface area (Å²) in [7, 11) is 0. The Morgan fingerprint density at radius 3 is 2.68 bits per heavy atom. The summed E-state index contributed by atoms with van der Waals surface area (Å²) in [5, 5.41) is 2.21. The summed E-state index contributed by atoms with van der Waals surface area (Å²) in [4.78, 5) is 0. The molecule has 1 aliphatic carbocycles. The number of halogens is 2. The zero-order valence-corrected chi connectivity index (χ0v) is 13.2. The first-order valence-corrected chi connectivity index (χ1v) is 8.51. The van der Waals surface area contributed by atoms with E-state index in [-0.39, 0.29) is 6.04 Å². The highest BCUT2D eigenvalue weighted by Gasteiger charge is 2.18. The topological polar surface area (TPSA) is 38.0 Å². The number of thioether (sulfide) groups is 1. The molecule has 1 aromatic carbocycles. The Balaban J connectivity index is 1.86. The van der Waals surface area contributed by atoms with Gasteiger partial charge in [0.05, 0.1) is 0 Å². The summed E-state index contributed by atoms with van der Waals surface area (Å²) in [6.07, 6.45) is 6.29. The lowest BCUT2D eigenvalue weighted by Crippen LogP contribution is -2.39. The van der Waals surface area contributed by atoms with Gasteiger partial charge in [-0.1, -0.05) is 42.1 Å². The molecule has 1 atom stereocenters. The SMILES string of the molecule is NNC(CSC1CCCC1)Cc1ccc(Cl)cc1Cl. The van der Waals surface area contributed by atoms with Gasteiger partial charge in [0, 0.05) is 27.1 Å². The van der Waals surface area contributed by atoms with Crippen molar-refractivity contribution in [2.75, 3.05) is 5.75 Å². The zero-order chi connectivity index (χ0) is 13.7. The Hall–Kier alpha value is 0.0700. The molecule has 19 heavy (non-hydrogen) atoms. The summed E-state index contributed by atoms with van der Waals surface area (Å²) in [6, 6.07) is 5.90. The van der Waals surface area contributed by atoms with Crippen LogP contribution in [0.5, 0.6) is 0 Å². The molecule has 1 aliphatic rings. The average Bonchev–Trinajstić information content (AvgIpc) is 2.90. The zero-order valence-electron chi connectivity index (χ0n) is 10.9. The molecule has 1 fully saturated rings. The summed E-state index contributed by atoms with van der Waals surface area (Å²) >= 11 is 14.1. The number of hydrogen-bond donors (Lipinski definition) is 2. The monoisotopic (exact) mass is 318 g/mol. The number of nitrogens with one attached hydrogen (secondary N) is 1. The Bertz CT molecular complexity index is 408. The van der Waals surface area contributed by atoms with E-state index < -0.39 is 0 Å². The predicted molar refractivity (Wildman–Crippen MR) is 86.0 cm³/mol. The third-order valence-electron chi connectivity index (χ3n) is 3.55. The fourth-order valence-corrected chi connectivity index (χ4v) is 4.30. The van der Waals surface area contributed by atoms with E-state index in [1.165, 1.54) is 25.7 Å². The molecule has 1 aromatic rings. The van der Waals surface area contributed by atoms with Crippen LogP contribution in [0.3, 0.4) is 0 Å². The second-order valence-electron chi connectivity index (χ2n) is 5.04. The van der Waals surface area contributed by atoms with Crippen LogP contribution in [0.15, 0.2) is 18.2 Å². The van der Waals surface area contributed by atoms with E-state index in [0.717, 1.165) is 28.0 Å². The van der Waals surface area contributed by atoms with Crippen LogP contribution >= 0.6 is 35.0 Å². The number of rotatable bonds is 6. The minimum absolute atomic E-state index is 0.254. The van der Waals surface area contributed by atoms with Crippen LogP contribution in [0.4, 0.5) is 0 Å². The van der Waals surface area contributed by atoms with Gasteiger partial charge < -0.3 is 0 Å². The molecule has 0 radical (unpaired) electrons. The van der Waals surface area contributed by atoms with Gasteiger partial charge in [-0.05, 0) is 37.0 Å². The first kappa shape index (κ1) is 15.5. The molecule has 0 bridgehead atoms. The molecule has 5 heteroatoms. The number of benzene rings is 1. The van der Waals surface area contributed by atoms with E-state index in [1.807, 2.05) is 23.9 Å². The van der Waals surface area contributed by atoms with Gasteiger partial charge in [-0.15, -0.1) is 0 Å². The van der Waals surface area contributed by atoms with Crippen molar-refractivity contribution in [2.45, 2.75) is 43.4 Å². The molecule has 0 saturated heterocycles. The minimum atomic E-state index is 0.254. The van der Waals surface area contributed by atoms with Crippen LogP contribution in [0.2, 0.25) is 10.0 Å². The molecule has 2 rings (SSSR count). The van der Waals surface area contributed by atoms with Gasteiger partial charge in [0.15, 0.2) is 0 Å². The highest BCUT2D eigenvalue weighted by atomic mass is 35.5. The molecule has 0 amide bonds. The second kappa shape index (κ2) is 7.75. The van der Waals surface area contributed by atoms with E-state index in [2.05, 4.69) is 5.43 Å². The van der Waals surface area contributed by atoms with Crippen molar-refractivity contribution in [3.8, 4) is 0 Å². The van der Waals surface area contributed by atoms with Crippen LogP contribution in [0.1, 0.15) is 31.2 Å². The third-order valence-corrected chi connectivity index (χ3v) is 5.68. The summed E-state index contributed by atoms with van der Waals surface area (Å²) in [5.74, 6) is 6.68. The molecule has 0 heterocycles. The van der Waals surface area contributed by atoms with Gasteiger partial charge in [0.25, 0.3) is 0 Å². The van der Waals surface area contributed by atoms with Crippen molar-refractivity contribution in [1.29, 1.82) is 0 Å². The second-order valence-corrected chi connectivity index (χ2v) is 7.22. The Morgan fingerprint density at radius 1 is 1.32 bits per heavy atom. The maximum atomic E-state index is 6.20. The quantitative estimate of drug-likeness (QED) is 0.614. The molecular weight excluding hydrogens is 299 g/mol. The van der Waals surface area contributed by atoms with Gasteiger partial charge in [-0.3, -0.25) is 11.3 Å². The number of hydrazine groups is 1. The predicted octanol–water partition coefficient (Wildman–Crippen LogP) is 4.04. The molecule has 1 saturated carbocycles. The van der Waals surface area contributed by atoms with Crippen LogP contribution < -0.4 is 11.3 Å². The van der Waals surface area contributed by atoms with Crippen molar-refractivity contribution in [2.24, 2.45) is 5.84 Å². The first-order valence-electron chi connectivity index (χ1n) is 6.70. The number of hydrogen-bond acceptors (Lipinski definition) is 3. The fraction of sp³-hybridized carbons (Fsp3) is 0.571. The normalized spacial score (nSPS) is 17.8. The van der Waals surface area contributed by atoms with Crippen LogP contribution in [0, 0.1) is 0 Å². The van der Waals surface area contributed by atoms with Crippen molar-refractivity contribution in [1.82, 2.24) is 5.43 Å². The number of nitrogens with two attached hydrogens (primary N) is 1. The summed E-state index contributed by atoms with van der Waals surface area (Å²) < 4.78 is 0. The lowest BCUT2D eigenvalue weighted by molar-refractivity contribution is 0.574. The maximum absolute atomic E-state index is 6.20. The van der Waals surface area contributed by atoms with E-state index >= 15 is 0 Å². The molecular formula is C14H20Cl2N2S. The highest BCUT2D eigenvalue weighted by molar-refractivity contribution is 7.99. The maximum Gasteiger partial charge on any atom is 0.0453 e. The molecule has 0 aliphatic heterocycles. The van der Waals surface area contributed by atoms with Crippen molar-refractivity contribution < 1.29 is 0 Å². The molecule has 3 N–H and O–H groups in total. The van der Waals surface area contributed by atoms with Gasteiger partial charge in [-0.25, -0.2) is 0 Å². The van der Waals surface area contributed by atoms with E-state index in [4.69, 9.17) is 29.0 Å². The largest absolute Gasteiger partial charge is 0.271 e. The Morgan fingerprint density at radius 2 is 2.05 bits per heavy atom. The Labute approximate surface area is 129 Å². The van der Waals surface area contributed by atoms with Gasteiger partial charge in [0.2, 0.25) is 0 Å². The van der Waals surface area contributed by atoms with Crippen molar-refractivity contribution in [3.05, 3.63) is 33.8 Å². The summed E-state index contributed by atoms with van der Waals surface area (Å²) in [5.41, 5.74) is 4.00. The van der Waals surface area contributed by atoms with Gasteiger partial charge >= 0.3 is 0 Å². The molecule has 2 nitrogen and oxygen atoms in total. The van der Waals surface area contributed by atoms with Crippen LogP contribution in [-0.2, 0) is 6.42 Å². The standard InChI is InChI=1S/C14H20Cl2N2S/c15-11-6-5-10(14(16)8-11)7-12(18-17)9-19-13-3-1-2-4-13/h5-6,8,12-13,18H,1-4,7,9,17H2. The van der Waals surface area contributed by atoms with E-state index in [1.54, 1.807) is 6.07 Å². The lowest BCUT2D eigenvalue weighted by Gasteiger charge is -2.18. The fourth-order valence-electron chi connectivity index (χ4n) is 2.43. The molecule has 0 spiro atoms. The lowest BCUT2D eigenvalue weighted by atomic mass is 10.1. The van der Waals surface area contributed by atoms with E-state index in [9.17, 15) is 0 Å². The molecule has 1 unspecified atom stereocenters. The summed E-state index contributed by atoms with van der Waals surface area (Å²) in [6.45, 7) is 0. The minimum Gasteiger partial charge on any atom is -0.271 e.